The summed E-state index contributed by atoms with van der Waals surface area (Å²) in [5, 5.41) is 3.07. The number of carbonyl (C=O) groups excluding carboxylic acids is 1. The third-order valence-electron chi connectivity index (χ3n) is 4.22. The van der Waals surface area contributed by atoms with E-state index in [0.29, 0.717) is 17.6 Å². The van der Waals surface area contributed by atoms with Gasteiger partial charge in [0, 0.05) is 19.5 Å². The van der Waals surface area contributed by atoms with Gasteiger partial charge in [-0.15, -0.1) is 0 Å². The first-order valence-corrected chi connectivity index (χ1v) is 8.62. The molecule has 1 heterocycles. The maximum atomic E-state index is 12.5. The highest BCUT2D eigenvalue weighted by Crippen LogP contribution is 2.15. The maximum absolute atomic E-state index is 12.5. The number of oxazole rings is 1. The molecule has 1 atom stereocenters. The summed E-state index contributed by atoms with van der Waals surface area (Å²) in [5.41, 5.74) is 2.30. The zero-order chi connectivity index (χ0) is 18.5. The highest BCUT2D eigenvalue weighted by Gasteiger charge is 2.16. The number of hydrogen-bond acceptors (Lipinski definition) is 4. The minimum Gasteiger partial charge on any atom is -0.408 e. The van der Waals surface area contributed by atoms with Crippen LogP contribution in [0.25, 0.3) is 11.1 Å². The Morgan fingerprint density at radius 1 is 1.12 bits per heavy atom. The van der Waals surface area contributed by atoms with Crippen molar-refractivity contribution < 1.29 is 9.21 Å². The molecule has 0 radical (unpaired) electrons. The molecule has 26 heavy (non-hydrogen) atoms. The van der Waals surface area contributed by atoms with Crippen LogP contribution in [0.3, 0.4) is 0 Å². The van der Waals surface area contributed by atoms with Crippen LogP contribution in [0.5, 0.6) is 0 Å². The molecule has 0 aliphatic heterocycles. The van der Waals surface area contributed by atoms with Gasteiger partial charge in [-0.05, 0) is 31.8 Å². The number of nitrogens with one attached hydrogen (secondary N) is 1. The average molecular weight is 353 g/mol. The van der Waals surface area contributed by atoms with Crippen LogP contribution in [0.2, 0.25) is 0 Å². The van der Waals surface area contributed by atoms with E-state index >= 15 is 0 Å². The Balaban J connectivity index is 1.68. The number of fused-ring (bicyclic) bond motifs is 1. The number of nitrogens with zero attached hydrogens (tertiary/aromatic N) is 2. The molecule has 1 N–H and O–H groups in total. The van der Waals surface area contributed by atoms with E-state index in [0.717, 1.165) is 5.56 Å². The van der Waals surface area contributed by atoms with Gasteiger partial charge in [0.1, 0.15) is 0 Å². The third kappa shape index (κ3) is 4.21. The fraction of sp³-hybridized carbons (Fsp3) is 0.300. The molecule has 3 rings (SSSR count). The lowest BCUT2D eigenvalue weighted by Gasteiger charge is -2.23. The standard InChI is InChI=1S/C20H23N3O3/c1-22(2)14-16(15-8-4-3-5-9-15)21-19(24)12-13-23-17-10-6-7-11-18(17)26-20(23)25/h3-11,16H,12-14H2,1-2H3,(H,21,24). The van der Waals surface area contributed by atoms with Gasteiger partial charge in [0.2, 0.25) is 5.91 Å². The molecule has 6 nitrogen and oxygen atoms in total. The number of para-hydroxylation sites is 2. The van der Waals surface area contributed by atoms with Crippen molar-refractivity contribution in [3.05, 3.63) is 70.7 Å². The van der Waals surface area contributed by atoms with Crippen LogP contribution in [-0.2, 0) is 11.3 Å². The Morgan fingerprint density at radius 2 is 1.81 bits per heavy atom. The Hall–Kier alpha value is -2.86. The van der Waals surface area contributed by atoms with Gasteiger partial charge in [0.15, 0.2) is 5.58 Å². The molecular weight excluding hydrogens is 330 g/mol. The monoisotopic (exact) mass is 353 g/mol. The molecule has 0 bridgehead atoms. The van der Waals surface area contributed by atoms with Crippen LogP contribution in [0, 0.1) is 0 Å². The van der Waals surface area contributed by atoms with E-state index in [9.17, 15) is 9.59 Å². The minimum absolute atomic E-state index is 0.0992. The molecule has 0 aliphatic carbocycles. The van der Waals surface area contributed by atoms with Crippen molar-refractivity contribution in [1.82, 2.24) is 14.8 Å². The van der Waals surface area contributed by atoms with Crippen LogP contribution in [0.1, 0.15) is 18.0 Å². The molecule has 0 aliphatic rings. The summed E-state index contributed by atoms with van der Waals surface area (Å²) < 4.78 is 6.70. The summed E-state index contributed by atoms with van der Waals surface area (Å²) in [7, 11) is 3.94. The van der Waals surface area contributed by atoms with Gasteiger partial charge in [0.25, 0.3) is 0 Å². The number of amides is 1. The molecule has 1 unspecified atom stereocenters. The predicted octanol–water partition coefficient (Wildman–Crippen LogP) is 2.40. The maximum Gasteiger partial charge on any atom is 0.419 e. The number of aromatic nitrogens is 1. The molecular formula is C20H23N3O3. The fourth-order valence-corrected chi connectivity index (χ4v) is 2.99. The summed E-state index contributed by atoms with van der Waals surface area (Å²) in [6.07, 6.45) is 0.209. The Labute approximate surface area is 152 Å². The van der Waals surface area contributed by atoms with Crippen LogP contribution >= 0.6 is 0 Å². The lowest BCUT2D eigenvalue weighted by molar-refractivity contribution is -0.122. The van der Waals surface area contributed by atoms with Crippen molar-refractivity contribution in [3.8, 4) is 0 Å². The summed E-state index contributed by atoms with van der Waals surface area (Å²) in [4.78, 5) is 26.5. The topological polar surface area (TPSA) is 67.5 Å². The molecule has 0 fully saturated rings. The second-order valence-corrected chi connectivity index (χ2v) is 6.53. The molecule has 0 saturated carbocycles. The number of likely N-dealkylation sites (N-methyl/N-ethyl adjacent to an activating group) is 1. The van der Waals surface area contributed by atoms with Gasteiger partial charge in [-0.3, -0.25) is 9.36 Å². The van der Waals surface area contributed by atoms with E-state index in [1.54, 1.807) is 6.07 Å². The first kappa shape index (κ1) is 17.9. The number of carbonyl (C=O) groups is 1. The number of benzene rings is 2. The molecule has 1 amide bonds. The molecule has 0 spiro atoms. The lowest BCUT2D eigenvalue weighted by Crippen LogP contribution is -2.36. The third-order valence-corrected chi connectivity index (χ3v) is 4.22. The average Bonchev–Trinajstić information content (AvgIpc) is 2.95. The number of rotatable bonds is 7. The highest BCUT2D eigenvalue weighted by atomic mass is 16.4. The Kier molecular flexibility index (Phi) is 5.53. The van der Waals surface area contributed by atoms with E-state index in [-0.39, 0.29) is 24.9 Å². The SMILES string of the molecule is CN(C)CC(NC(=O)CCn1c(=O)oc2ccccc21)c1ccccc1. The largest absolute Gasteiger partial charge is 0.419 e. The predicted molar refractivity (Wildman–Crippen MR) is 101 cm³/mol. The minimum atomic E-state index is -0.438. The van der Waals surface area contributed by atoms with Gasteiger partial charge in [-0.25, -0.2) is 4.79 Å². The molecule has 0 saturated heterocycles. The fourth-order valence-electron chi connectivity index (χ4n) is 2.99. The first-order valence-electron chi connectivity index (χ1n) is 8.62. The van der Waals surface area contributed by atoms with Gasteiger partial charge < -0.3 is 14.6 Å². The van der Waals surface area contributed by atoms with E-state index in [2.05, 4.69) is 5.32 Å². The van der Waals surface area contributed by atoms with Crippen molar-refractivity contribution in [1.29, 1.82) is 0 Å². The normalized spacial score (nSPS) is 12.4. The van der Waals surface area contributed by atoms with Crippen LogP contribution in [0.15, 0.2) is 63.8 Å². The molecule has 3 aromatic rings. The Bertz CT molecular complexity index is 928. The van der Waals surface area contributed by atoms with E-state index < -0.39 is 5.76 Å². The summed E-state index contributed by atoms with van der Waals surface area (Å²) >= 11 is 0. The van der Waals surface area contributed by atoms with E-state index in [1.807, 2.05) is 67.5 Å². The van der Waals surface area contributed by atoms with Crippen LogP contribution < -0.4 is 11.1 Å². The zero-order valence-corrected chi connectivity index (χ0v) is 15.0. The molecule has 136 valence electrons. The van der Waals surface area contributed by atoms with Gasteiger partial charge >= 0.3 is 5.76 Å². The number of hydrogen-bond donors (Lipinski definition) is 1. The second kappa shape index (κ2) is 8.01. The summed E-state index contributed by atoms with van der Waals surface area (Å²) in [5.74, 6) is -0.537. The van der Waals surface area contributed by atoms with Gasteiger partial charge in [-0.2, -0.15) is 0 Å². The summed E-state index contributed by atoms with van der Waals surface area (Å²) in [6, 6.07) is 17.0. The molecule has 2 aromatic carbocycles. The molecule has 1 aromatic heterocycles. The summed E-state index contributed by atoms with van der Waals surface area (Å²) in [6.45, 7) is 0.982. The quantitative estimate of drug-likeness (QED) is 0.708. The first-order chi connectivity index (χ1) is 12.5. The number of aryl methyl sites for hydroxylation is 1. The van der Waals surface area contributed by atoms with Gasteiger partial charge in [0.05, 0.1) is 11.6 Å². The van der Waals surface area contributed by atoms with Crippen molar-refractivity contribution in [3.63, 3.8) is 0 Å². The van der Waals surface area contributed by atoms with Crippen molar-refractivity contribution in [2.75, 3.05) is 20.6 Å². The van der Waals surface area contributed by atoms with Gasteiger partial charge in [-0.1, -0.05) is 42.5 Å². The van der Waals surface area contributed by atoms with Crippen LogP contribution in [0.4, 0.5) is 0 Å². The van der Waals surface area contributed by atoms with Crippen molar-refractivity contribution >= 4 is 17.0 Å². The molecule has 6 heteroatoms. The second-order valence-electron chi connectivity index (χ2n) is 6.53. The highest BCUT2D eigenvalue weighted by molar-refractivity contribution is 5.77. The Morgan fingerprint density at radius 3 is 2.54 bits per heavy atom. The van der Waals surface area contributed by atoms with E-state index in [4.69, 9.17) is 4.42 Å². The smallest absolute Gasteiger partial charge is 0.408 e. The van der Waals surface area contributed by atoms with E-state index in [1.165, 1.54) is 4.57 Å². The zero-order valence-electron chi connectivity index (χ0n) is 15.0. The van der Waals surface area contributed by atoms with Crippen molar-refractivity contribution in [2.45, 2.75) is 19.0 Å². The van der Waals surface area contributed by atoms with Crippen molar-refractivity contribution in [2.24, 2.45) is 0 Å². The van der Waals surface area contributed by atoms with Crippen LogP contribution in [-0.4, -0.2) is 36.0 Å². The lowest BCUT2D eigenvalue weighted by atomic mass is 10.1.